The molecule has 23 heavy (non-hydrogen) atoms. The highest BCUT2D eigenvalue weighted by atomic mass is 16.6. The Morgan fingerprint density at radius 1 is 0.826 bits per heavy atom. The molecule has 2 N–H and O–H groups in total. The van der Waals surface area contributed by atoms with Crippen LogP contribution >= 0.6 is 0 Å². The fraction of sp³-hybridized carbons (Fsp3) is 0.824. The monoisotopic (exact) mass is 330 g/mol. The fourth-order valence-corrected chi connectivity index (χ4v) is 2.44. The van der Waals surface area contributed by atoms with Crippen molar-refractivity contribution >= 4 is 17.9 Å². The van der Waals surface area contributed by atoms with Crippen molar-refractivity contribution in [2.45, 2.75) is 84.2 Å². The topological polar surface area (TPSA) is 101 Å². The highest BCUT2D eigenvalue weighted by molar-refractivity contribution is 5.69. The Hall–Kier alpha value is -1.59. The van der Waals surface area contributed by atoms with Crippen LogP contribution in [0, 0.1) is 5.92 Å². The van der Waals surface area contributed by atoms with Gasteiger partial charge in [0.2, 0.25) is 0 Å². The maximum Gasteiger partial charge on any atom is 0.306 e. The Kier molecular flexibility index (Phi) is 10.3. The molecular formula is C17H30O6. The van der Waals surface area contributed by atoms with Gasteiger partial charge in [-0.05, 0) is 65.2 Å². The zero-order valence-electron chi connectivity index (χ0n) is 14.5. The predicted octanol–water partition coefficient (Wildman–Crippen LogP) is 3.62. The quantitative estimate of drug-likeness (QED) is 0.530. The molecule has 0 saturated heterocycles. The summed E-state index contributed by atoms with van der Waals surface area (Å²) in [5.41, 5.74) is -0.487. The van der Waals surface area contributed by atoms with E-state index in [0.717, 1.165) is 19.3 Å². The van der Waals surface area contributed by atoms with Gasteiger partial charge in [0.1, 0.15) is 5.60 Å². The maximum absolute atomic E-state index is 11.7. The summed E-state index contributed by atoms with van der Waals surface area (Å²) in [7, 11) is 0. The molecule has 0 aliphatic heterocycles. The zero-order valence-corrected chi connectivity index (χ0v) is 14.5. The lowest BCUT2D eigenvalue weighted by molar-refractivity contribution is -0.155. The highest BCUT2D eigenvalue weighted by Gasteiger charge is 2.17. The largest absolute Gasteiger partial charge is 0.481 e. The molecule has 0 bridgehead atoms. The van der Waals surface area contributed by atoms with Crippen molar-refractivity contribution in [3.8, 4) is 0 Å². The molecular weight excluding hydrogens is 300 g/mol. The van der Waals surface area contributed by atoms with Crippen LogP contribution in [0.2, 0.25) is 0 Å². The third-order valence-corrected chi connectivity index (χ3v) is 3.42. The summed E-state index contributed by atoms with van der Waals surface area (Å²) in [6.07, 6.45) is 4.73. The first-order valence-electron chi connectivity index (χ1n) is 8.25. The van der Waals surface area contributed by atoms with Gasteiger partial charge in [0.15, 0.2) is 0 Å². The van der Waals surface area contributed by atoms with Crippen LogP contribution in [-0.4, -0.2) is 33.7 Å². The fourth-order valence-electron chi connectivity index (χ4n) is 2.44. The first kappa shape index (κ1) is 21.4. The van der Waals surface area contributed by atoms with Crippen molar-refractivity contribution < 1.29 is 29.3 Å². The average Bonchev–Trinajstić information content (AvgIpc) is 2.35. The number of carboxylic acids is 2. The van der Waals surface area contributed by atoms with Gasteiger partial charge in [-0.15, -0.1) is 0 Å². The summed E-state index contributed by atoms with van der Waals surface area (Å²) in [6, 6.07) is 0. The van der Waals surface area contributed by atoms with E-state index in [-0.39, 0.29) is 24.7 Å². The first-order valence-corrected chi connectivity index (χ1v) is 8.25. The van der Waals surface area contributed by atoms with E-state index in [1.807, 2.05) is 20.8 Å². The van der Waals surface area contributed by atoms with Crippen LogP contribution in [-0.2, 0) is 19.1 Å². The number of rotatable bonds is 12. The van der Waals surface area contributed by atoms with E-state index in [4.69, 9.17) is 14.9 Å². The average molecular weight is 330 g/mol. The van der Waals surface area contributed by atoms with Crippen LogP contribution in [0.1, 0.15) is 78.6 Å². The molecule has 6 heteroatoms. The molecule has 0 atom stereocenters. The van der Waals surface area contributed by atoms with Gasteiger partial charge in [-0.1, -0.05) is 0 Å². The maximum atomic E-state index is 11.7. The van der Waals surface area contributed by atoms with Gasteiger partial charge in [0, 0.05) is 19.3 Å². The van der Waals surface area contributed by atoms with E-state index >= 15 is 0 Å². The van der Waals surface area contributed by atoms with E-state index in [1.54, 1.807) is 0 Å². The molecule has 0 aromatic rings. The molecule has 0 fully saturated rings. The summed E-state index contributed by atoms with van der Waals surface area (Å²) in [5.74, 6) is -1.60. The molecule has 0 aliphatic carbocycles. The summed E-state index contributed by atoms with van der Waals surface area (Å²) in [4.78, 5) is 32.8. The number of aliphatic carboxylic acids is 2. The Bertz CT molecular complexity index is 363. The van der Waals surface area contributed by atoms with Gasteiger partial charge in [0.05, 0.1) is 0 Å². The van der Waals surface area contributed by atoms with Gasteiger partial charge >= 0.3 is 17.9 Å². The Labute approximate surface area is 138 Å². The number of ether oxygens (including phenoxy) is 1. The number of carboxylic acid groups (broad SMARTS) is 2. The molecule has 0 amide bonds. The number of esters is 1. The van der Waals surface area contributed by atoms with Crippen molar-refractivity contribution in [3.63, 3.8) is 0 Å². The normalized spacial score (nSPS) is 11.5. The van der Waals surface area contributed by atoms with Crippen LogP contribution in [0.5, 0.6) is 0 Å². The smallest absolute Gasteiger partial charge is 0.306 e. The van der Waals surface area contributed by atoms with E-state index in [2.05, 4.69) is 0 Å². The standard InChI is InChI=1S/C17H30O6/c1-17(2,3)23-16(22)12-6-9-13(7-4-10-14(18)19)8-5-11-15(20)21/h13H,4-12H2,1-3H3,(H,18,19)(H,20,21). The van der Waals surface area contributed by atoms with Crippen LogP contribution < -0.4 is 0 Å². The minimum Gasteiger partial charge on any atom is -0.481 e. The molecule has 0 radical (unpaired) electrons. The predicted molar refractivity (Wildman–Crippen MR) is 86.2 cm³/mol. The molecule has 6 nitrogen and oxygen atoms in total. The van der Waals surface area contributed by atoms with Gasteiger partial charge < -0.3 is 14.9 Å². The van der Waals surface area contributed by atoms with Crippen molar-refractivity contribution in [2.75, 3.05) is 0 Å². The number of hydrogen-bond acceptors (Lipinski definition) is 4. The van der Waals surface area contributed by atoms with Crippen molar-refractivity contribution in [1.29, 1.82) is 0 Å². The minimum absolute atomic E-state index is 0.126. The van der Waals surface area contributed by atoms with E-state index in [9.17, 15) is 14.4 Å². The van der Waals surface area contributed by atoms with Gasteiger partial charge in [-0.2, -0.15) is 0 Å². The van der Waals surface area contributed by atoms with Crippen LogP contribution in [0.25, 0.3) is 0 Å². The molecule has 0 aromatic carbocycles. The molecule has 0 unspecified atom stereocenters. The zero-order chi connectivity index (χ0) is 17.9. The van der Waals surface area contributed by atoms with Gasteiger partial charge in [0.25, 0.3) is 0 Å². The molecule has 0 spiro atoms. The van der Waals surface area contributed by atoms with Gasteiger partial charge in [-0.25, -0.2) is 0 Å². The Balaban J connectivity index is 4.14. The summed E-state index contributed by atoms with van der Waals surface area (Å²) >= 11 is 0. The highest BCUT2D eigenvalue weighted by Crippen LogP contribution is 2.23. The van der Waals surface area contributed by atoms with Gasteiger partial charge in [-0.3, -0.25) is 14.4 Å². The van der Waals surface area contributed by atoms with Crippen LogP contribution in [0.3, 0.4) is 0 Å². The molecule has 134 valence electrons. The first-order chi connectivity index (χ1) is 10.6. The van der Waals surface area contributed by atoms with Crippen molar-refractivity contribution in [1.82, 2.24) is 0 Å². The van der Waals surface area contributed by atoms with E-state index in [0.29, 0.717) is 25.7 Å². The van der Waals surface area contributed by atoms with Crippen LogP contribution in [0.15, 0.2) is 0 Å². The number of carbonyl (C=O) groups is 3. The lowest BCUT2D eigenvalue weighted by Gasteiger charge is -2.20. The van der Waals surface area contributed by atoms with E-state index in [1.165, 1.54) is 0 Å². The molecule has 0 aliphatic rings. The number of hydrogen-bond donors (Lipinski definition) is 2. The Morgan fingerprint density at radius 2 is 1.22 bits per heavy atom. The third kappa shape index (κ3) is 15.1. The van der Waals surface area contributed by atoms with Crippen molar-refractivity contribution in [2.24, 2.45) is 5.92 Å². The molecule has 0 rings (SSSR count). The summed E-state index contributed by atoms with van der Waals surface area (Å²) < 4.78 is 5.25. The lowest BCUT2D eigenvalue weighted by Crippen LogP contribution is -2.23. The summed E-state index contributed by atoms with van der Waals surface area (Å²) in [6.45, 7) is 5.47. The SMILES string of the molecule is CC(C)(C)OC(=O)CCCC(CCCC(=O)O)CCCC(=O)O. The summed E-state index contributed by atoms with van der Waals surface area (Å²) in [5, 5.41) is 17.4. The van der Waals surface area contributed by atoms with E-state index < -0.39 is 17.5 Å². The third-order valence-electron chi connectivity index (χ3n) is 3.42. The Morgan fingerprint density at radius 3 is 1.57 bits per heavy atom. The second-order valence-electron chi connectivity index (χ2n) is 6.92. The second kappa shape index (κ2) is 11.0. The second-order valence-corrected chi connectivity index (χ2v) is 6.92. The number of carbonyl (C=O) groups excluding carboxylic acids is 1. The minimum atomic E-state index is -0.817. The van der Waals surface area contributed by atoms with Crippen LogP contribution in [0.4, 0.5) is 0 Å². The molecule has 0 aromatic heterocycles. The lowest BCUT2D eigenvalue weighted by atomic mass is 9.91. The molecule has 0 heterocycles. The van der Waals surface area contributed by atoms with Crippen molar-refractivity contribution in [3.05, 3.63) is 0 Å². The molecule has 0 saturated carbocycles.